The van der Waals surface area contributed by atoms with Crippen LogP contribution in [0.4, 0.5) is 17.6 Å². The number of hydrogen-bond donors (Lipinski definition) is 0. The number of hydrogen-bond acceptors (Lipinski definition) is 6. The smallest absolute Gasteiger partial charge is 0.361 e. The van der Waals surface area contributed by atoms with E-state index in [1.54, 1.807) is 35.2 Å². The van der Waals surface area contributed by atoms with Crippen LogP contribution in [0.25, 0.3) is 11.4 Å². The molecule has 1 aromatic heterocycles. The lowest BCUT2D eigenvalue weighted by atomic mass is 9.93. The molecular formula is C29H28F4N4O5. The second-order valence-corrected chi connectivity index (χ2v) is 10.1. The van der Waals surface area contributed by atoms with Gasteiger partial charge in [-0.3, -0.25) is 14.4 Å². The van der Waals surface area contributed by atoms with Crippen LogP contribution in [0.1, 0.15) is 30.5 Å². The molecule has 2 amide bonds. The van der Waals surface area contributed by atoms with Gasteiger partial charge in [-0.2, -0.15) is 13.2 Å². The van der Waals surface area contributed by atoms with E-state index in [1.807, 2.05) is 6.92 Å². The summed E-state index contributed by atoms with van der Waals surface area (Å²) in [5.41, 5.74) is -0.136. The minimum Gasteiger partial charge on any atom is -0.361 e. The lowest BCUT2D eigenvalue weighted by molar-refractivity contribution is -0.187. The van der Waals surface area contributed by atoms with E-state index >= 15 is 0 Å². The van der Waals surface area contributed by atoms with Crippen molar-refractivity contribution in [2.24, 2.45) is 0 Å². The van der Waals surface area contributed by atoms with Crippen molar-refractivity contribution in [1.82, 2.24) is 19.4 Å². The van der Waals surface area contributed by atoms with Crippen LogP contribution in [0.15, 0.2) is 54.9 Å². The molecule has 2 atom stereocenters. The average Bonchev–Trinajstić information content (AvgIpc) is 3.63. The summed E-state index contributed by atoms with van der Waals surface area (Å²) in [6, 6.07) is 7.58. The van der Waals surface area contributed by atoms with Crippen molar-refractivity contribution in [3.05, 3.63) is 77.4 Å². The normalized spacial score (nSPS) is 19.0. The number of imidazole rings is 1. The van der Waals surface area contributed by atoms with Crippen molar-refractivity contribution in [2.75, 3.05) is 19.9 Å². The van der Waals surface area contributed by atoms with Crippen molar-refractivity contribution in [3.8, 4) is 11.4 Å². The standard InChI is InChI=1S/C29H28F4N4O5/c1-3-41-16-35-11-10-34-26(35)20-6-9-23-21(12-20)13-24(38)28(23)27(40)36(17-42-28)15-25(39)37(18(2)29(31,32)33)14-19-4-7-22(30)8-5-19/h4-12,18H,3,13-17H2,1-2H3/t18-,28+/m0/s1. The second-order valence-electron chi connectivity index (χ2n) is 10.1. The molecule has 0 saturated carbocycles. The molecule has 1 saturated heterocycles. The SMILES string of the molecule is CCOCn1ccnc1-c1ccc2c(c1)CC(=O)[C@]21OCN(CC(=O)N(Cc2ccc(F)cc2)[C@@H](C)C(F)(F)F)C1=O. The number of aromatic nitrogens is 2. The van der Waals surface area contributed by atoms with Gasteiger partial charge in [0.15, 0.2) is 5.78 Å². The maximum atomic E-state index is 13.7. The Morgan fingerprint density at radius 2 is 1.93 bits per heavy atom. The number of ether oxygens (including phenoxy) is 2. The monoisotopic (exact) mass is 588 g/mol. The Kier molecular flexibility index (Phi) is 7.90. The van der Waals surface area contributed by atoms with Crippen LogP contribution >= 0.6 is 0 Å². The van der Waals surface area contributed by atoms with Gasteiger partial charge in [0.2, 0.25) is 11.5 Å². The number of carbonyl (C=O) groups excluding carboxylic acids is 3. The minimum atomic E-state index is -4.75. The number of fused-ring (bicyclic) bond motifs is 2. The zero-order valence-electron chi connectivity index (χ0n) is 22.9. The maximum Gasteiger partial charge on any atom is 0.408 e. The van der Waals surface area contributed by atoms with Crippen molar-refractivity contribution >= 4 is 17.6 Å². The fourth-order valence-electron chi connectivity index (χ4n) is 5.22. The van der Waals surface area contributed by atoms with E-state index in [9.17, 15) is 31.9 Å². The predicted octanol–water partition coefficient (Wildman–Crippen LogP) is 3.80. The number of nitrogens with zero attached hydrogens (tertiary/aromatic N) is 4. The van der Waals surface area contributed by atoms with E-state index < -0.39 is 61.1 Å². The molecule has 5 rings (SSSR count). The third-order valence-corrected chi connectivity index (χ3v) is 7.52. The summed E-state index contributed by atoms with van der Waals surface area (Å²) < 4.78 is 67.4. The van der Waals surface area contributed by atoms with Gasteiger partial charge in [-0.05, 0) is 43.2 Å². The van der Waals surface area contributed by atoms with Crippen LogP contribution < -0.4 is 0 Å². The zero-order valence-corrected chi connectivity index (χ0v) is 22.9. The molecule has 2 heterocycles. The summed E-state index contributed by atoms with van der Waals surface area (Å²) in [5, 5.41) is 0. The Bertz CT molecular complexity index is 1510. The van der Waals surface area contributed by atoms with Gasteiger partial charge in [-0.15, -0.1) is 0 Å². The molecule has 1 spiro atoms. The fraction of sp³-hybridized carbons (Fsp3) is 0.379. The highest BCUT2D eigenvalue weighted by atomic mass is 19.4. The first-order valence-electron chi connectivity index (χ1n) is 13.3. The lowest BCUT2D eigenvalue weighted by Gasteiger charge is -2.32. The third kappa shape index (κ3) is 5.29. The molecule has 1 aliphatic heterocycles. The van der Waals surface area contributed by atoms with Gasteiger partial charge in [0.25, 0.3) is 5.91 Å². The molecule has 0 radical (unpaired) electrons. The highest BCUT2D eigenvalue weighted by Gasteiger charge is 2.59. The van der Waals surface area contributed by atoms with Gasteiger partial charge in [-0.1, -0.05) is 24.3 Å². The summed E-state index contributed by atoms with van der Waals surface area (Å²) in [6.45, 7) is 1.83. The van der Waals surface area contributed by atoms with Crippen LogP contribution in [0.2, 0.25) is 0 Å². The van der Waals surface area contributed by atoms with Crippen molar-refractivity contribution in [2.45, 2.75) is 51.4 Å². The van der Waals surface area contributed by atoms with E-state index in [0.717, 1.165) is 24.0 Å². The lowest BCUT2D eigenvalue weighted by Crippen LogP contribution is -2.51. The molecular weight excluding hydrogens is 560 g/mol. The van der Waals surface area contributed by atoms with Crippen molar-refractivity contribution in [1.29, 1.82) is 0 Å². The molecule has 1 aliphatic carbocycles. The first kappa shape index (κ1) is 29.4. The van der Waals surface area contributed by atoms with Gasteiger partial charge in [0.05, 0.1) is 0 Å². The number of ketones is 1. The predicted molar refractivity (Wildman–Crippen MR) is 140 cm³/mol. The number of halogens is 4. The summed E-state index contributed by atoms with van der Waals surface area (Å²) in [6.07, 6.45) is -1.49. The molecule has 2 aliphatic rings. The summed E-state index contributed by atoms with van der Waals surface area (Å²) in [5.74, 6) is -2.31. The highest BCUT2D eigenvalue weighted by Crippen LogP contribution is 2.43. The zero-order chi connectivity index (χ0) is 30.2. The quantitative estimate of drug-likeness (QED) is 0.279. The molecule has 0 N–H and O–H groups in total. The number of benzene rings is 2. The minimum absolute atomic E-state index is 0.106. The van der Waals surface area contributed by atoms with Gasteiger partial charge in [0, 0.05) is 43.1 Å². The van der Waals surface area contributed by atoms with Crippen LogP contribution in [0.3, 0.4) is 0 Å². The average molecular weight is 589 g/mol. The molecule has 2 aromatic carbocycles. The Balaban J connectivity index is 1.37. The Labute approximate surface area is 238 Å². The summed E-state index contributed by atoms with van der Waals surface area (Å²) in [7, 11) is 0. The molecule has 13 heteroatoms. The summed E-state index contributed by atoms with van der Waals surface area (Å²) in [4.78, 5) is 46.0. The third-order valence-electron chi connectivity index (χ3n) is 7.52. The van der Waals surface area contributed by atoms with Crippen molar-refractivity contribution < 1.29 is 41.4 Å². The molecule has 9 nitrogen and oxygen atoms in total. The molecule has 1 fully saturated rings. The van der Waals surface area contributed by atoms with E-state index in [-0.39, 0.29) is 18.7 Å². The highest BCUT2D eigenvalue weighted by molar-refractivity contribution is 6.15. The van der Waals surface area contributed by atoms with E-state index in [1.165, 1.54) is 12.1 Å². The largest absolute Gasteiger partial charge is 0.408 e. The van der Waals surface area contributed by atoms with Crippen LogP contribution in [-0.2, 0) is 49.2 Å². The van der Waals surface area contributed by atoms with E-state index in [4.69, 9.17) is 9.47 Å². The van der Waals surface area contributed by atoms with Crippen LogP contribution in [0.5, 0.6) is 0 Å². The fourth-order valence-corrected chi connectivity index (χ4v) is 5.22. The number of rotatable bonds is 9. The van der Waals surface area contributed by atoms with Gasteiger partial charge in [-0.25, -0.2) is 9.37 Å². The van der Waals surface area contributed by atoms with Gasteiger partial charge < -0.3 is 23.8 Å². The van der Waals surface area contributed by atoms with Gasteiger partial charge >= 0.3 is 6.18 Å². The van der Waals surface area contributed by atoms with Crippen LogP contribution in [-0.4, -0.2) is 69.0 Å². The molecule has 0 unspecified atom stereocenters. The number of amides is 2. The first-order valence-corrected chi connectivity index (χ1v) is 13.3. The van der Waals surface area contributed by atoms with E-state index in [2.05, 4.69) is 4.98 Å². The van der Waals surface area contributed by atoms with Crippen molar-refractivity contribution in [3.63, 3.8) is 0 Å². The second kappa shape index (κ2) is 11.3. The number of alkyl halides is 3. The van der Waals surface area contributed by atoms with Crippen LogP contribution in [0, 0.1) is 5.82 Å². The number of Topliss-reactive ketones (excluding diaryl/α,β-unsaturated/α-hetero) is 1. The Morgan fingerprint density at radius 1 is 1.19 bits per heavy atom. The van der Waals surface area contributed by atoms with Gasteiger partial charge in [0.1, 0.15) is 37.7 Å². The maximum absolute atomic E-state index is 13.7. The summed E-state index contributed by atoms with van der Waals surface area (Å²) >= 11 is 0. The Hall–Kier alpha value is -4.10. The molecule has 0 bridgehead atoms. The molecule has 222 valence electrons. The Morgan fingerprint density at radius 3 is 2.62 bits per heavy atom. The molecule has 42 heavy (non-hydrogen) atoms. The van der Waals surface area contributed by atoms with E-state index in [0.29, 0.717) is 34.0 Å². The number of carbonyl (C=O) groups is 3. The first-order chi connectivity index (χ1) is 20.0. The molecule has 3 aromatic rings. The topological polar surface area (TPSA) is 94.0 Å².